The summed E-state index contributed by atoms with van der Waals surface area (Å²) in [6, 6.07) is 8.90. The molecule has 0 unspecified atom stereocenters. The van der Waals surface area contributed by atoms with Gasteiger partial charge >= 0.3 is 0 Å². The molecule has 8 heteroatoms. The van der Waals surface area contributed by atoms with E-state index in [1.807, 2.05) is 6.07 Å². The highest BCUT2D eigenvalue weighted by atomic mass is 19.1. The topological polar surface area (TPSA) is 63.0 Å². The van der Waals surface area contributed by atoms with Gasteiger partial charge in [0.2, 0.25) is 0 Å². The quantitative estimate of drug-likeness (QED) is 0.694. The van der Waals surface area contributed by atoms with Gasteiger partial charge in [0.05, 0.1) is 6.54 Å². The van der Waals surface area contributed by atoms with Crippen LogP contribution in [-0.4, -0.2) is 44.4 Å². The molecule has 0 saturated carbocycles. The van der Waals surface area contributed by atoms with Crippen molar-refractivity contribution in [2.45, 2.75) is 32.4 Å². The molecule has 1 saturated heterocycles. The zero-order valence-electron chi connectivity index (χ0n) is 15.6. The molecule has 0 bridgehead atoms. The van der Waals surface area contributed by atoms with E-state index in [-0.39, 0.29) is 5.82 Å². The van der Waals surface area contributed by atoms with Gasteiger partial charge in [0.25, 0.3) is 0 Å². The van der Waals surface area contributed by atoms with Crippen LogP contribution in [0.15, 0.2) is 36.7 Å². The van der Waals surface area contributed by atoms with Crippen LogP contribution in [-0.2, 0) is 19.5 Å². The van der Waals surface area contributed by atoms with E-state index in [9.17, 15) is 4.39 Å². The standard InChI is InChI=1S/C20H22FN7/c21-16-6-2-1-5-15(16)11-19-24-25-20-13-27(9-10-28(19)20)18-12-17(22-14-23-18)26-7-3-4-8-26/h1-2,5-6,12,14H,3-4,7-11,13H2. The first-order valence-corrected chi connectivity index (χ1v) is 9.74. The normalized spacial score (nSPS) is 16.5. The number of hydrogen-bond donors (Lipinski definition) is 0. The molecule has 0 amide bonds. The molecule has 0 N–H and O–H groups in total. The van der Waals surface area contributed by atoms with E-state index in [0.717, 1.165) is 49.5 Å². The van der Waals surface area contributed by atoms with E-state index in [1.54, 1.807) is 18.5 Å². The first-order valence-electron chi connectivity index (χ1n) is 9.74. The molecule has 0 radical (unpaired) electrons. The SMILES string of the molecule is Fc1ccccc1Cc1nnc2n1CCN(c1cc(N3CCCC3)ncn1)C2. The smallest absolute Gasteiger partial charge is 0.152 e. The fourth-order valence-electron chi connectivity index (χ4n) is 3.99. The lowest BCUT2D eigenvalue weighted by atomic mass is 10.1. The Morgan fingerprint density at radius 3 is 2.50 bits per heavy atom. The summed E-state index contributed by atoms with van der Waals surface area (Å²) in [6.45, 7) is 4.33. The molecule has 2 aromatic heterocycles. The Hall–Kier alpha value is -3.03. The van der Waals surface area contributed by atoms with Crippen molar-refractivity contribution in [3.63, 3.8) is 0 Å². The highest BCUT2D eigenvalue weighted by Gasteiger charge is 2.23. The van der Waals surface area contributed by atoms with Gasteiger partial charge in [-0.2, -0.15) is 0 Å². The second-order valence-electron chi connectivity index (χ2n) is 7.30. The third-order valence-corrected chi connectivity index (χ3v) is 5.53. The number of benzene rings is 1. The van der Waals surface area contributed by atoms with Crippen LogP contribution >= 0.6 is 0 Å². The van der Waals surface area contributed by atoms with Gasteiger partial charge < -0.3 is 14.4 Å². The molecule has 3 aromatic rings. The molecule has 144 valence electrons. The van der Waals surface area contributed by atoms with Gasteiger partial charge in [-0.05, 0) is 24.5 Å². The number of rotatable bonds is 4. The van der Waals surface area contributed by atoms with Crippen molar-refractivity contribution >= 4 is 11.6 Å². The van der Waals surface area contributed by atoms with Crippen LogP contribution in [0.5, 0.6) is 0 Å². The molecule has 1 aromatic carbocycles. The Balaban J connectivity index is 1.34. The van der Waals surface area contributed by atoms with E-state index < -0.39 is 0 Å². The van der Waals surface area contributed by atoms with Gasteiger partial charge in [0, 0.05) is 38.7 Å². The molecule has 28 heavy (non-hydrogen) atoms. The maximum atomic E-state index is 14.0. The van der Waals surface area contributed by atoms with E-state index in [1.165, 1.54) is 18.9 Å². The maximum Gasteiger partial charge on any atom is 0.152 e. The summed E-state index contributed by atoms with van der Waals surface area (Å²) < 4.78 is 16.1. The second kappa shape index (κ2) is 7.18. The Bertz CT molecular complexity index is 980. The maximum absolute atomic E-state index is 14.0. The van der Waals surface area contributed by atoms with Crippen molar-refractivity contribution in [1.82, 2.24) is 24.7 Å². The highest BCUT2D eigenvalue weighted by Crippen LogP contribution is 2.24. The van der Waals surface area contributed by atoms with Crippen LogP contribution < -0.4 is 9.80 Å². The first kappa shape index (κ1) is 17.1. The molecule has 2 aliphatic heterocycles. The summed E-state index contributed by atoms with van der Waals surface area (Å²) in [4.78, 5) is 13.4. The van der Waals surface area contributed by atoms with Crippen molar-refractivity contribution in [3.05, 3.63) is 59.7 Å². The average molecular weight is 379 g/mol. The average Bonchev–Trinajstić information content (AvgIpc) is 3.40. The van der Waals surface area contributed by atoms with Crippen molar-refractivity contribution in [3.8, 4) is 0 Å². The Morgan fingerprint density at radius 2 is 1.68 bits per heavy atom. The van der Waals surface area contributed by atoms with E-state index >= 15 is 0 Å². The summed E-state index contributed by atoms with van der Waals surface area (Å²) in [5.41, 5.74) is 0.645. The summed E-state index contributed by atoms with van der Waals surface area (Å²) in [7, 11) is 0. The van der Waals surface area contributed by atoms with Crippen LogP contribution in [0.3, 0.4) is 0 Å². The number of hydrogen-bond acceptors (Lipinski definition) is 6. The van der Waals surface area contributed by atoms with Gasteiger partial charge in [-0.3, -0.25) is 0 Å². The molecule has 7 nitrogen and oxygen atoms in total. The van der Waals surface area contributed by atoms with Gasteiger partial charge in [-0.25, -0.2) is 14.4 Å². The number of aromatic nitrogens is 5. The molecule has 4 heterocycles. The van der Waals surface area contributed by atoms with E-state index in [4.69, 9.17) is 0 Å². The zero-order chi connectivity index (χ0) is 18.9. The van der Waals surface area contributed by atoms with Crippen LogP contribution in [0.1, 0.15) is 30.1 Å². The number of nitrogens with zero attached hydrogens (tertiary/aromatic N) is 7. The number of fused-ring (bicyclic) bond motifs is 1. The lowest BCUT2D eigenvalue weighted by Crippen LogP contribution is -2.35. The first-order chi connectivity index (χ1) is 13.8. The van der Waals surface area contributed by atoms with Gasteiger partial charge in [-0.15, -0.1) is 10.2 Å². The number of anilines is 2. The van der Waals surface area contributed by atoms with Crippen molar-refractivity contribution in [2.75, 3.05) is 29.4 Å². The van der Waals surface area contributed by atoms with Crippen molar-refractivity contribution < 1.29 is 4.39 Å². The van der Waals surface area contributed by atoms with Crippen LogP contribution in [0.25, 0.3) is 0 Å². The van der Waals surface area contributed by atoms with Crippen molar-refractivity contribution in [1.29, 1.82) is 0 Å². The largest absolute Gasteiger partial charge is 0.356 e. The lowest BCUT2D eigenvalue weighted by molar-refractivity contribution is 0.540. The molecule has 5 rings (SSSR count). The minimum Gasteiger partial charge on any atom is -0.356 e. The third-order valence-electron chi connectivity index (χ3n) is 5.53. The Morgan fingerprint density at radius 1 is 0.893 bits per heavy atom. The van der Waals surface area contributed by atoms with Crippen molar-refractivity contribution in [2.24, 2.45) is 0 Å². The Kier molecular flexibility index (Phi) is 4.38. The predicted octanol–water partition coefficient (Wildman–Crippen LogP) is 2.42. The Labute approximate surface area is 162 Å². The molecule has 2 aliphatic rings. The molecule has 0 aliphatic carbocycles. The molecular formula is C20H22FN7. The summed E-state index contributed by atoms with van der Waals surface area (Å²) in [6.07, 6.45) is 4.53. The minimum absolute atomic E-state index is 0.201. The monoisotopic (exact) mass is 379 g/mol. The van der Waals surface area contributed by atoms with Gasteiger partial charge in [-0.1, -0.05) is 18.2 Å². The molecule has 0 atom stereocenters. The predicted molar refractivity (Wildman–Crippen MR) is 104 cm³/mol. The fraction of sp³-hybridized carbons (Fsp3) is 0.400. The fourth-order valence-corrected chi connectivity index (χ4v) is 3.99. The third kappa shape index (κ3) is 3.19. The number of halogens is 1. The van der Waals surface area contributed by atoms with Crippen LogP contribution in [0.4, 0.5) is 16.0 Å². The lowest BCUT2D eigenvalue weighted by Gasteiger charge is -2.29. The molecule has 1 fully saturated rings. The van der Waals surface area contributed by atoms with E-state index in [0.29, 0.717) is 18.5 Å². The minimum atomic E-state index is -0.201. The molecule has 0 spiro atoms. The summed E-state index contributed by atoms with van der Waals surface area (Å²) >= 11 is 0. The van der Waals surface area contributed by atoms with Gasteiger partial charge in [0.15, 0.2) is 5.82 Å². The summed E-state index contributed by atoms with van der Waals surface area (Å²) in [5, 5.41) is 8.67. The van der Waals surface area contributed by atoms with Gasteiger partial charge in [0.1, 0.15) is 29.6 Å². The van der Waals surface area contributed by atoms with Crippen LogP contribution in [0, 0.1) is 5.82 Å². The second-order valence-corrected chi connectivity index (χ2v) is 7.30. The summed E-state index contributed by atoms with van der Waals surface area (Å²) in [5.74, 6) is 3.41. The molecular weight excluding hydrogens is 357 g/mol. The van der Waals surface area contributed by atoms with Crippen LogP contribution in [0.2, 0.25) is 0 Å². The van der Waals surface area contributed by atoms with E-state index in [2.05, 4.69) is 40.6 Å². The zero-order valence-corrected chi connectivity index (χ0v) is 15.6. The highest BCUT2D eigenvalue weighted by molar-refractivity contribution is 5.51.